The van der Waals surface area contributed by atoms with Crippen LogP contribution in [-0.4, -0.2) is 35.5 Å². The average molecular weight is 271 g/mol. The summed E-state index contributed by atoms with van der Waals surface area (Å²) in [5.41, 5.74) is 11.8. The molecule has 0 aliphatic carbocycles. The number of benzene rings is 1. The Morgan fingerprint density at radius 3 is 1.84 bits per heavy atom. The van der Waals surface area contributed by atoms with Crippen LogP contribution in [0.15, 0.2) is 0 Å². The van der Waals surface area contributed by atoms with Gasteiger partial charge in [-0.05, 0) is 0 Å². The van der Waals surface area contributed by atoms with Crippen LogP contribution >= 0.6 is 0 Å². The van der Waals surface area contributed by atoms with Gasteiger partial charge in [-0.3, -0.25) is 10.1 Å². The largest absolute Gasteiger partial charge is 0.492 e. The molecule has 0 amide bonds. The lowest BCUT2D eigenvalue weighted by Crippen LogP contribution is -2.12. The summed E-state index contributed by atoms with van der Waals surface area (Å²) >= 11 is 0. The number of nitrogens with two attached hydrogens (primary N) is 2. The summed E-state index contributed by atoms with van der Waals surface area (Å²) in [6, 6.07) is 0. The molecule has 0 bridgehead atoms. The highest BCUT2D eigenvalue weighted by Gasteiger charge is 2.28. The molecular weight excluding hydrogens is 254 g/mol. The van der Waals surface area contributed by atoms with E-state index in [2.05, 4.69) is 0 Å². The summed E-state index contributed by atoms with van der Waals surface area (Å²) in [4.78, 5) is 10.6. The van der Waals surface area contributed by atoms with E-state index in [1.807, 2.05) is 0 Å². The van der Waals surface area contributed by atoms with Crippen LogP contribution < -0.4 is 16.2 Å². The van der Waals surface area contributed by atoms with Gasteiger partial charge in [0.15, 0.2) is 5.75 Å². The van der Waals surface area contributed by atoms with Gasteiger partial charge in [0.05, 0.1) is 34.5 Å². The van der Waals surface area contributed by atoms with Crippen LogP contribution in [0, 0.1) is 10.1 Å². The highest BCUT2D eigenvalue weighted by molar-refractivity contribution is 5.81. The topological polar surface area (TPSA) is 145 Å². The fourth-order valence-corrected chi connectivity index (χ4v) is 2.03. The first-order valence-corrected chi connectivity index (χ1v) is 5.62. The van der Waals surface area contributed by atoms with Crippen molar-refractivity contribution in [2.45, 2.75) is 12.8 Å². The van der Waals surface area contributed by atoms with E-state index in [1.165, 1.54) is 7.11 Å². The Morgan fingerprint density at radius 1 is 1.16 bits per heavy atom. The van der Waals surface area contributed by atoms with Crippen molar-refractivity contribution in [3.05, 3.63) is 21.2 Å². The lowest BCUT2D eigenvalue weighted by Gasteiger charge is -2.16. The van der Waals surface area contributed by atoms with Crippen molar-refractivity contribution in [1.82, 2.24) is 0 Å². The molecule has 0 atom stereocenters. The number of nitro benzene ring substituents is 1. The molecule has 0 aromatic heterocycles. The fraction of sp³-hybridized carbons (Fsp3) is 0.455. The summed E-state index contributed by atoms with van der Waals surface area (Å²) in [5.74, 6) is 0.137. The molecule has 0 fully saturated rings. The summed E-state index contributed by atoms with van der Waals surface area (Å²) in [5, 5.41) is 29.2. The van der Waals surface area contributed by atoms with Gasteiger partial charge in [0.1, 0.15) is 0 Å². The van der Waals surface area contributed by atoms with E-state index < -0.39 is 4.92 Å². The predicted octanol–water partition coefficient (Wildman–Crippen LogP) is -0.163. The number of rotatable bonds is 6. The van der Waals surface area contributed by atoms with E-state index in [-0.39, 0.29) is 60.0 Å². The molecule has 1 aromatic rings. The molecule has 8 nitrogen and oxygen atoms in total. The molecule has 106 valence electrons. The molecule has 19 heavy (non-hydrogen) atoms. The van der Waals surface area contributed by atoms with Gasteiger partial charge in [-0.2, -0.15) is 0 Å². The lowest BCUT2D eigenvalue weighted by molar-refractivity contribution is -0.386. The van der Waals surface area contributed by atoms with E-state index in [0.717, 1.165) is 0 Å². The van der Waals surface area contributed by atoms with Crippen LogP contribution in [0.3, 0.4) is 0 Å². The van der Waals surface area contributed by atoms with Crippen LogP contribution in [0.5, 0.6) is 5.75 Å². The van der Waals surface area contributed by atoms with Gasteiger partial charge in [-0.25, -0.2) is 0 Å². The van der Waals surface area contributed by atoms with Crippen LogP contribution in [0.2, 0.25) is 0 Å². The molecule has 6 N–H and O–H groups in total. The van der Waals surface area contributed by atoms with Gasteiger partial charge in [-0.15, -0.1) is 0 Å². The van der Waals surface area contributed by atoms with E-state index in [4.69, 9.17) is 26.4 Å². The Balaban J connectivity index is 3.67. The quantitative estimate of drug-likeness (QED) is 0.319. The van der Waals surface area contributed by atoms with Crippen molar-refractivity contribution < 1.29 is 19.9 Å². The van der Waals surface area contributed by atoms with Gasteiger partial charge in [0, 0.05) is 26.1 Å². The fourth-order valence-electron chi connectivity index (χ4n) is 2.03. The second-order valence-electron chi connectivity index (χ2n) is 3.87. The number of anilines is 2. The van der Waals surface area contributed by atoms with Crippen molar-refractivity contribution in [2.75, 3.05) is 31.8 Å². The molecular formula is C11H17N3O5. The number of ether oxygens (including phenoxy) is 1. The van der Waals surface area contributed by atoms with E-state index >= 15 is 0 Å². The maximum Gasteiger partial charge on any atom is 0.280 e. The SMILES string of the molecule is COc1c(N)c(CCO)c([N+](=O)[O-])c(CCO)c1N. The number of nitro groups is 1. The van der Waals surface area contributed by atoms with Gasteiger partial charge < -0.3 is 26.4 Å². The third kappa shape index (κ3) is 2.69. The molecule has 0 heterocycles. The van der Waals surface area contributed by atoms with E-state index in [0.29, 0.717) is 0 Å². The van der Waals surface area contributed by atoms with Crippen LogP contribution in [0.1, 0.15) is 11.1 Å². The van der Waals surface area contributed by atoms with Crippen molar-refractivity contribution in [3.63, 3.8) is 0 Å². The van der Waals surface area contributed by atoms with Crippen LogP contribution in [0.25, 0.3) is 0 Å². The molecule has 0 saturated carbocycles. The lowest BCUT2D eigenvalue weighted by atomic mass is 9.97. The number of methoxy groups -OCH3 is 1. The van der Waals surface area contributed by atoms with Crippen molar-refractivity contribution in [2.24, 2.45) is 0 Å². The molecule has 0 unspecified atom stereocenters. The zero-order valence-electron chi connectivity index (χ0n) is 10.5. The molecule has 0 aliphatic rings. The normalized spacial score (nSPS) is 10.5. The summed E-state index contributed by atoms with van der Waals surface area (Å²) < 4.78 is 5.05. The minimum Gasteiger partial charge on any atom is -0.492 e. The first-order valence-electron chi connectivity index (χ1n) is 5.62. The number of hydrogen-bond donors (Lipinski definition) is 4. The van der Waals surface area contributed by atoms with Gasteiger partial charge in [0.25, 0.3) is 5.69 Å². The monoisotopic (exact) mass is 271 g/mol. The Morgan fingerprint density at radius 2 is 1.58 bits per heavy atom. The minimum absolute atomic E-state index is 0.0111. The molecule has 0 radical (unpaired) electrons. The molecule has 0 spiro atoms. The first-order chi connectivity index (χ1) is 8.99. The van der Waals surface area contributed by atoms with Gasteiger partial charge >= 0.3 is 0 Å². The maximum atomic E-state index is 11.2. The standard InChI is InChI=1S/C11H17N3O5/c1-19-11-8(12)6(2-4-15)10(14(17)18)7(3-5-16)9(11)13/h15-16H,2-5,12-13H2,1H3. The third-order valence-corrected chi connectivity index (χ3v) is 2.82. The predicted molar refractivity (Wildman–Crippen MR) is 70.1 cm³/mol. The second kappa shape index (κ2) is 6.21. The van der Waals surface area contributed by atoms with Gasteiger partial charge in [-0.1, -0.05) is 0 Å². The third-order valence-electron chi connectivity index (χ3n) is 2.82. The zero-order valence-corrected chi connectivity index (χ0v) is 10.5. The molecule has 0 aliphatic heterocycles. The molecule has 8 heteroatoms. The van der Waals surface area contributed by atoms with E-state index in [9.17, 15) is 10.1 Å². The number of nitrogen functional groups attached to an aromatic ring is 2. The van der Waals surface area contributed by atoms with Crippen molar-refractivity contribution in [3.8, 4) is 5.75 Å². The smallest absolute Gasteiger partial charge is 0.280 e. The summed E-state index contributed by atoms with van der Waals surface area (Å²) in [7, 11) is 1.35. The summed E-state index contributed by atoms with van der Waals surface area (Å²) in [6.45, 7) is -0.590. The Kier molecular flexibility index (Phi) is 4.90. The van der Waals surface area contributed by atoms with E-state index in [1.54, 1.807) is 0 Å². The summed E-state index contributed by atoms with van der Waals surface area (Å²) in [6.07, 6.45) is 0.0223. The number of aliphatic hydroxyl groups excluding tert-OH is 2. The number of hydrogen-bond acceptors (Lipinski definition) is 7. The Hall–Kier alpha value is -2.06. The highest BCUT2D eigenvalue weighted by Crippen LogP contribution is 2.42. The zero-order chi connectivity index (χ0) is 14.6. The second-order valence-corrected chi connectivity index (χ2v) is 3.87. The average Bonchev–Trinajstić information content (AvgIpc) is 2.35. The number of nitrogens with zero attached hydrogens (tertiary/aromatic N) is 1. The van der Waals surface area contributed by atoms with Gasteiger partial charge in [0.2, 0.25) is 0 Å². The van der Waals surface area contributed by atoms with Crippen molar-refractivity contribution >= 4 is 17.1 Å². The van der Waals surface area contributed by atoms with Crippen molar-refractivity contribution in [1.29, 1.82) is 0 Å². The minimum atomic E-state index is -0.609. The van der Waals surface area contributed by atoms with Crippen LogP contribution in [-0.2, 0) is 12.8 Å². The highest BCUT2D eigenvalue weighted by atomic mass is 16.6. The molecule has 0 saturated heterocycles. The Labute approximate surface area is 109 Å². The first kappa shape index (κ1) is 15.0. The molecule has 1 rings (SSSR count). The number of aliphatic hydroxyl groups is 2. The Bertz CT molecular complexity index is 457. The maximum absolute atomic E-state index is 11.2. The molecule has 1 aromatic carbocycles. The van der Waals surface area contributed by atoms with Crippen LogP contribution in [0.4, 0.5) is 17.1 Å².